The molecule has 0 bridgehead atoms. The molecule has 0 saturated heterocycles. The Balaban J connectivity index is 2.94. The van der Waals surface area contributed by atoms with Crippen molar-refractivity contribution in [1.82, 2.24) is 10.4 Å². The van der Waals surface area contributed by atoms with Crippen LogP contribution in [-0.4, -0.2) is 36.7 Å². The molecule has 1 rings (SSSR count). The van der Waals surface area contributed by atoms with Crippen LogP contribution in [0.1, 0.15) is 27.9 Å². The van der Waals surface area contributed by atoms with Crippen molar-refractivity contribution < 1.29 is 9.90 Å². The maximum atomic E-state index is 11.8. The van der Waals surface area contributed by atoms with Gasteiger partial charge in [0.05, 0.1) is 6.61 Å². The molecule has 4 heteroatoms. The normalized spacial score (nSPS) is 9.83. The number of hydrogen-bond donors (Lipinski definition) is 2. The fraction of sp³-hybridized carbons (Fsp3) is 0.357. The number of nitrogens with one attached hydrogen (secondary N) is 1. The van der Waals surface area contributed by atoms with Crippen LogP contribution in [0.2, 0.25) is 0 Å². The van der Waals surface area contributed by atoms with Crippen LogP contribution in [0, 0.1) is 18.8 Å². The molecule has 0 spiro atoms. The summed E-state index contributed by atoms with van der Waals surface area (Å²) in [6.45, 7) is 1.97. The number of carbonyl (C=O) groups is 1. The Kier molecular flexibility index (Phi) is 5.37. The lowest BCUT2D eigenvalue weighted by Gasteiger charge is -2.12. The van der Waals surface area contributed by atoms with Gasteiger partial charge >= 0.3 is 0 Å². The summed E-state index contributed by atoms with van der Waals surface area (Å²) in [5, 5.41) is 10.3. The zero-order chi connectivity index (χ0) is 13.5. The van der Waals surface area contributed by atoms with Crippen molar-refractivity contribution in [3.63, 3.8) is 0 Å². The third-order valence-corrected chi connectivity index (χ3v) is 2.13. The number of carbonyl (C=O) groups excluding carboxylic acids is 1. The van der Waals surface area contributed by atoms with Crippen molar-refractivity contribution in [1.29, 1.82) is 0 Å². The van der Waals surface area contributed by atoms with Gasteiger partial charge in [-0.25, -0.2) is 5.01 Å². The lowest BCUT2D eigenvalue weighted by atomic mass is 10.1. The molecule has 0 aliphatic heterocycles. The highest BCUT2D eigenvalue weighted by atomic mass is 16.2. The molecule has 0 aliphatic rings. The van der Waals surface area contributed by atoms with E-state index in [1.54, 1.807) is 25.2 Å². The smallest absolute Gasteiger partial charge is 0.265 e. The Labute approximate surface area is 108 Å². The minimum atomic E-state index is -0.158. The van der Waals surface area contributed by atoms with Crippen LogP contribution in [0.5, 0.6) is 0 Å². The first kappa shape index (κ1) is 14.2. The summed E-state index contributed by atoms with van der Waals surface area (Å²) < 4.78 is 0. The molecular formula is C14H18N2O2. The summed E-state index contributed by atoms with van der Waals surface area (Å²) in [6.07, 6.45) is 0.438. The largest absolute Gasteiger partial charge is 0.395 e. The minimum Gasteiger partial charge on any atom is -0.395 e. The topological polar surface area (TPSA) is 52.6 Å². The van der Waals surface area contributed by atoms with Gasteiger partial charge in [0.25, 0.3) is 5.91 Å². The van der Waals surface area contributed by atoms with Crippen LogP contribution in [-0.2, 0) is 0 Å². The molecule has 1 aromatic rings. The molecule has 1 amide bonds. The van der Waals surface area contributed by atoms with E-state index in [1.807, 2.05) is 19.1 Å². The van der Waals surface area contributed by atoms with Crippen molar-refractivity contribution in [2.75, 3.05) is 20.7 Å². The van der Waals surface area contributed by atoms with Crippen molar-refractivity contribution in [3.05, 3.63) is 34.9 Å². The molecule has 1 aromatic carbocycles. The summed E-state index contributed by atoms with van der Waals surface area (Å²) in [5.41, 5.74) is 5.03. The Morgan fingerprint density at radius 1 is 1.39 bits per heavy atom. The molecule has 2 N–H and O–H groups in total. The van der Waals surface area contributed by atoms with E-state index in [1.165, 1.54) is 0 Å². The summed E-state index contributed by atoms with van der Waals surface area (Å²) in [4.78, 5) is 11.8. The molecule has 0 aliphatic carbocycles. The van der Waals surface area contributed by atoms with Crippen LogP contribution in [0.25, 0.3) is 0 Å². The van der Waals surface area contributed by atoms with E-state index in [0.717, 1.165) is 11.1 Å². The lowest BCUT2D eigenvalue weighted by Crippen LogP contribution is -2.36. The average Bonchev–Trinajstić information content (AvgIpc) is 2.27. The molecule has 0 aromatic heterocycles. The van der Waals surface area contributed by atoms with Gasteiger partial charge in [-0.15, -0.1) is 0 Å². The van der Waals surface area contributed by atoms with Crippen LogP contribution in [0.15, 0.2) is 18.2 Å². The Bertz CT molecular complexity index is 484. The van der Waals surface area contributed by atoms with Crippen LogP contribution in [0.4, 0.5) is 0 Å². The number of amides is 1. The standard InChI is InChI=1S/C14H18N2O2/c1-11-8-12(6-4-5-7-17)10-13(9-11)14(18)15-16(2)3/h8-10,17H,5,7H2,1-3H3,(H,15,18). The van der Waals surface area contributed by atoms with Gasteiger partial charge in [0.1, 0.15) is 0 Å². The fourth-order valence-electron chi connectivity index (χ4n) is 1.47. The second kappa shape index (κ2) is 6.80. The van der Waals surface area contributed by atoms with Crippen molar-refractivity contribution in [2.24, 2.45) is 0 Å². The summed E-state index contributed by atoms with van der Waals surface area (Å²) in [5.74, 6) is 5.62. The zero-order valence-corrected chi connectivity index (χ0v) is 10.9. The van der Waals surface area contributed by atoms with Gasteiger partial charge in [0, 0.05) is 31.6 Å². The Morgan fingerprint density at radius 3 is 2.72 bits per heavy atom. The number of benzene rings is 1. The Hall–Kier alpha value is -1.83. The zero-order valence-electron chi connectivity index (χ0n) is 10.9. The van der Waals surface area contributed by atoms with Crippen LogP contribution < -0.4 is 5.43 Å². The first-order chi connectivity index (χ1) is 8.52. The molecule has 0 radical (unpaired) electrons. The van der Waals surface area contributed by atoms with Gasteiger partial charge in [-0.3, -0.25) is 10.2 Å². The monoisotopic (exact) mass is 246 g/mol. The first-order valence-corrected chi connectivity index (χ1v) is 5.72. The third-order valence-electron chi connectivity index (χ3n) is 2.13. The predicted molar refractivity (Wildman–Crippen MR) is 70.9 cm³/mol. The summed E-state index contributed by atoms with van der Waals surface area (Å²) in [6, 6.07) is 5.48. The number of aliphatic hydroxyl groups is 1. The fourth-order valence-corrected chi connectivity index (χ4v) is 1.47. The maximum Gasteiger partial charge on any atom is 0.265 e. The second-order valence-electron chi connectivity index (χ2n) is 4.20. The van der Waals surface area contributed by atoms with Gasteiger partial charge in [0.15, 0.2) is 0 Å². The third kappa shape index (κ3) is 4.58. The molecule has 4 nitrogen and oxygen atoms in total. The van der Waals surface area contributed by atoms with E-state index in [9.17, 15) is 4.79 Å². The van der Waals surface area contributed by atoms with E-state index in [4.69, 9.17) is 5.11 Å². The SMILES string of the molecule is Cc1cc(C#CCCO)cc(C(=O)NN(C)C)c1. The number of aliphatic hydroxyl groups excluding tert-OH is 1. The summed E-state index contributed by atoms with van der Waals surface area (Å²) in [7, 11) is 3.52. The molecule has 0 heterocycles. The first-order valence-electron chi connectivity index (χ1n) is 5.72. The molecular weight excluding hydrogens is 228 g/mol. The van der Waals surface area contributed by atoms with Gasteiger partial charge in [0.2, 0.25) is 0 Å². The minimum absolute atomic E-state index is 0.0484. The highest BCUT2D eigenvalue weighted by molar-refractivity contribution is 5.94. The summed E-state index contributed by atoms with van der Waals surface area (Å²) >= 11 is 0. The van der Waals surface area contributed by atoms with E-state index >= 15 is 0 Å². The van der Waals surface area contributed by atoms with Crippen LogP contribution in [0.3, 0.4) is 0 Å². The van der Waals surface area contributed by atoms with Crippen molar-refractivity contribution in [3.8, 4) is 11.8 Å². The van der Waals surface area contributed by atoms with Gasteiger partial charge < -0.3 is 5.11 Å². The van der Waals surface area contributed by atoms with Crippen LogP contribution >= 0.6 is 0 Å². The van der Waals surface area contributed by atoms with Gasteiger partial charge in [-0.05, 0) is 30.7 Å². The average molecular weight is 246 g/mol. The van der Waals surface area contributed by atoms with E-state index in [-0.39, 0.29) is 12.5 Å². The molecule has 96 valence electrons. The Morgan fingerprint density at radius 2 is 2.11 bits per heavy atom. The lowest BCUT2D eigenvalue weighted by molar-refractivity contribution is 0.0857. The number of hydrogen-bond acceptors (Lipinski definition) is 3. The number of aryl methyl sites for hydroxylation is 1. The highest BCUT2D eigenvalue weighted by Gasteiger charge is 2.07. The number of nitrogens with zero attached hydrogens (tertiary/aromatic N) is 1. The van der Waals surface area contributed by atoms with E-state index < -0.39 is 0 Å². The molecule has 18 heavy (non-hydrogen) atoms. The van der Waals surface area contributed by atoms with Crippen molar-refractivity contribution in [2.45, 2.75) is 13.3 Å². The number of rotatable bonds is 3. The molecule has 0 fully saturated rings. The predicted octanol–water partition coefficient (Wildman–Crippen LogP) is 0.935. The van der Waals surface area contributed by atoms with E-state index in [2.05, 4.69) is 17.3 Å². The van der Waals surface area contributed by atoms with Gasteiger partial charge in [-0.2, -0.15) is 0 Å². The quantitative estimate of drug-likeness (QED) is 0.616. The maximum absolute atomic E-state index is 11.8. The van der Waals surface area contributed by atoms with Gasteiger partial charge in [-0.1, -0.05) is 11.8 Å². The van der Waals surface area contributed by atoms with E-state index in [0.29, 0.717) is 12.0 Å². The highest BCUT2D eigenvalue weighted by Crippen LogP contribution is 2.09. The number of hydrazine groups is 1. The van der Waals surface area contributed by atoms with Crippen molar-refractivity contribution >= 4 is 5.91 Å². The second-order valence-corrected chi connectivity index (χ2v) is 4.20. The molecule has 0 atom stereocenters. The molecule has 0 unspecified atom stereocenters. The molecule has 0 saturated carbocycles.